The van der Waals surface area contributed by atoms with E-state index >= 15 is 0 Å². The van der Waals surface area contributed by atoms with Crippen molar-refractivity contribution in [1.29, 1.82) is 0 Å². The van der Waals surface area contributed by atoms with Crippen LogP contribution in [0.15, 0.2) is 59.2 Å². The molecule has 0 radical (unpaired) electrons. The topological polar surface area (TPSA) is 63.3 Å². The Labute approximate surface area is 132 Å². The third kappa shape index (κ3) is 3.18. The van der Waals surface area contributed by atoms with Crippen LogP contribution in [0.4, 0.5) is 0 Å². The Bertz CT molecular complexity index is 809. The van der Waals surface area contributed by atoms with Crippen LogP contribution < -0.4 is 0 Å². The lowest BCUT2D eigenvalue weighted by Crippen LogP contribution is -1.97. The molecular weight excluding hydrogens is 302 g/mol. The van der Waals surface area contributed by atoms with Crippen LogP contribution in [0.25, 0.3) is 11.3 Å². The number of carboxylic acid groups (broad SMARTS) is 1. The summed E-state index contributed by atoms with van der Waals surface area (Å²) in [6.07, 6.45) is 2.02. The van der Waals surface area contributed by atoms with Gasteiger partial charge in [0.2, 0.25) is 0 Å². The van der Waals surface area contributed by atoms with Crippen molar-refractivity contribution in [3.05, 3.63) is 76.8 Å². The van der Waals surface area contributed by atoms with E-state index in [9.17, 15) is 4.79 Å². The van der Waals surface area contributed by atoms with E-state index in [0.29, 0.717) is 17.3 Å². The highest BCUT2D eigenvalue weighted by molar-refractivity contribution is 6.30. The zero-order valence-electron chi connectivity index (χ0n) is 11.5. The van der Waals surface area contributed by atoms with Gasteiger partial charge in [0.05, 0.1) is 5.56 Å². The number of carboxylic acids is 1. The molecule has 4 nitrogen and oxygen atoms in total. The Kier molecular flexibility index (Phi) is 3.94. The quantitative estimate of drug-likeness (QED) is 0.780. The van der Waals surface area contributed by atoms with Crippen LogP contribution in [0.3, 0.4) is 0 Å². The molecule has 5 heteroatoms. The lowest BCUT2D eigenvalue weighted by molar-refractivity contribution is 0.0696. The fourth-order valence-corrected chi connectivity index (χ4v) is 2.26. The minimum absolute atomic E-state index is 0.252. The van der Waals surface area contributed by atoms with Gasteiger partial charge in [0, 0.05) is 17.0 Å². The fourth-order valence-electron chi connectivity index (χ4n) is 2.13. The first-order chi connectivity index (χ1) is 10.6. The molecule has 0 aliphatic carbocycles. The molecule has 0 aliphatic rings. The summed E-state index contributed by atoms with van der Waals surface area (Å²) in [5.74, 6) is -0.413. The molecule has 3 aromatic rings. The number of nitrogens with zero attached hydrogens (tertiary/aromatic N) is 1. The second-order valence-electron chi connectivity index (χ2n) is 4.82. The molecule has 2 aromatic carbocycles. The number of halogens is 1. The molecule has 0 fully saturated rings. The predicted molar refractivity (Wildman–Crippen MR) is 83.2 cm³/mol. The van der Waals surface area contributed by atoms with E-state index in [2.05, 4.69) is 4.98 Å². The summed E-state index contributed by atoms with van der Waals surface area (Å²) in [5.41, 5.74) is 2.73. The molecule has 1 N–H and O–H groups in total. The lowest BCUT2D eigenvalue weighted by Gasteiger charge is -1.99. The largest absolute Gasteiger partial charge is 0.478 e. The minimum Gasteiger partial charge on any atom is -0.478 e. The highest BCUT2D eigenvalue weighted by atomic mass is 35.5. The third-order valence-electron chi connectivity index (χ3n) is 3.22. The Morgan fingerprint density at radius 3 is 2.68 bits per heavy atom. The zero-order chi connectivity index (χ0) is 15.5. The van der Waals surface area contributed by atoms with Crippen molar-refractivity contribution in [3.63, 3.8) is 0 Å². The zero-order valence-corrected chi connectivity index (χ0v) is 12.2. The number of carbonyl (C=O) groups is 1. The van der Waals surface area contributed by atoms with Crippen molar-refractivity contribution >= 4 is 17.6 Å². The maximum Gasteiger partial charge on any atom is 0.335 e. The van der Waals surface area contributed by atoms with Crippen molar-refractivity contribution < 1.29 is 14.3 Å². The molecule has 0 amide bonds. The van der Waals surface area contributed by atoms with Gasteiger partial charge in [-0.2, -0.15) is 0 Å². The van der Waals surface area contributed by atoms with Gasteiger partial charge in [-0.15, -0.1) is 0 Å². The molecule has 0 spiro atoms. The SMILES string of the molecule is O=C(O)c1cccc(Cc2nc(-c3ccc(Cl)cc3)co2)c1. The number of oxazole rings is 1. The molecule has 0 saturated carbocycles. The molecule has 0 saturated heterocycles. The van der Waals surface area contributed by atoms with E-state index in [-0.39, 0.29) is 5.56 Å². The van der Waals surface area contributed by atoms with Crippen LogP contribution >= 0.6 is 11.6 Å². The molecule has 110 valence electrons. The van der Waals surface area contributed by atoms with Crippen molar-refractivity contribution in [3.8, 4) is 11.3 Å². The number of rotatable bonds is 4. The number of hydrogen-bond donors (Lipinski definition) is 1. The Balaban J connectivity index is 1.81. The van der Waals surface area contributed by atoms with E-state index in [1.165, 1.54) is 0 Å². The number of aromatic nitrogens is 1. The summed E-state index contributed by atoms with van der Waals surface area (Å²) in [4.78, 5) is 15.4. The van der Waals surface area contributed by atoms with E-state index in [4.69, 9.17) is 21.1 Å². The second kappa shape index (κ2) is 6.03. The first kappa shape index (κ1) is 14.4. The van der Waals surface area contributed by atoms with Gasteiger partial charge in [0.25, 0.3) is 0 Å². The summed E-state index contributed by atoms with van der Waals surface area (Å²) in [6, 6.07) is 14.1. The van der Waals surface area contributed by atoms with Gasteiger partial charge in [-0.1, -0.05) is 35.9 Å². The lowest BCUT2D eigenvalue weighted by atomic mass is 10.1. The average Bonchev–Trinajstić information content (AvgIpc) is 2.96. The molecule has 0 bridgehead atoms. The van der Waals surface area contributed by atoms with Crippen LogP contribution in [0.2, 0.25) is 5.02 Å². The van der Waals surface area contributed by atoms with Gasteiger partial charge in [-0.25, -0.2) is 9.78 Å². The summed E-state index contributed by atoms with van der Waals surface area (Å²) in [5, 5.41) is 9.67. The van der Waals surface area contributed by atoms with E-state index in [1.807, 2.05) is 18.2 Å². The molecule has 3 rings (SSSR count). The Hall–Kier alpha value is -2.59. The van der Waals surface area contributed by atoms with Crippen LogP contribution in [0.1, 0.15) is 21.8 Å². The first-order valence-corrected chi connectivity index (χ1v) is 7.02. The highest BCUT2D eigenvalue weighted by Crippen LogP contribution is 2.22. The van der Waals surface area contributed by atoms with Gasteiger partial charge < -0.3 is 9.52 Å². The highest BCUT2D eigenvalue weighted by Gasteiger charge is 2.09. The summed E-state index contributed by atoms with van der Waals surface area (Å²) in [7, 11) is 0. The average molecular weight is 314 g/mol. The molecule has 1 heterocycles. The number of hydrogen-bond acceptors (Lipinski definition) is 3. The summed E-state index contributed by atoms with van der Waals surface area (Å²) < 4.78 is 5.46. The van der Waals surface area contributed by atoms with E-state index in [0.717, 1.165) is 16.8 Å². The summed E-state index contributed by atoms with van der Waals surface area (Å²) >= 11 is 5.86. The third-order valence-corrected chi connectivity index (χ3v) is 3.47. The van der Waals surface area contributed by atoms with Crippen molar-refractivity contribution in [2.24, 2.45) is 0 Å². The van der Waals surface area contributed by atoms with Crippen LogP contribution in [-0.4, -0.2) is 16.1 Å². The maximum absolute atomic E-state index is 11.0. The van der Waals surface area contributed by atoms with Crippen LogP contribution in [-0.2, 0) is 6.42 Å². The van der Waals surface area contributed by atoms with Gasteiger partial charge in [-0.05, 0) is 29.8 Å². The molecule has 0 atom stereocenters. The minimum atomic E-state index is -0.948. The first-order valence-electron chi connectivity index (χ1n) is 6.64. The molecule has 22 heavy (non-hydrogen) atoms. The molecule has 1 aromatic heterocycles. The Morgan fingerprint density at radius 2 is 1.95 bits per heavy atom. The van der Waals surface area contributed by atoms with E-state index in [1.54, 1.807) is 36.6 Å². The van der Waals surface area contributed by atoms with Crippen LogP contribution in [0, 0.1) is 0 Å². The molecular formula is C17H12ClNO3. The normalized spacial score (nSPS) is 10.6. The predicted octanol–water partition coefficient (Wildman–Crippen LogP) is 4.28. The molecule has 0 aliphatic heterocycles. The summed E-state index contributed by atoms with van der Waals surface area (Å²) in [6.45, 7) is 0. The Morgan fingerprint density at radius 1 is 1.18 bits per heavy atom. The smallest absolute Gasteiger partial charge is 0.335 e. The fraction of sp³-hybridized carbons (Fsp3) is 0.0588. The monoisotopic (exact) mass is 313 g/mol. The standard InChI is InChI=1S/C17H12ClNO3/c18-14-6-4-12(5-7-14)15-10-22-16(19-15)9-11-2-1-3-13(8-11)17(20)21/h1-8,10H,9H2,(H,20,21). The van der Waals surface area contributed by atoms with Gasteiger partial charge in [0.15, 0.2) is 5.89 Å². The molecule has 0 unspecified atom stereocenters. The van der Waals surface area contributed by atoms with Crippen molar-refractivity contribution in [2.45, 2.75) is 6.42 Å². The van der Waals surface area contributed by atoms with Gasteiger partial charge in [0.1, 0.15) is 12.0 Å². The van der Waals surface area contributed by atoms with Gasteiger partial charge >= 0.3 is 5.97 Å². The second-order valence-corrected chi connectivity index (χ2v) is 5.25. The van der Waals surface area contributed by atoms with Crippen molar-refractivity contribution in [2.75, 3.05) is 0 Å². The van der Waals surface area contributed by atoms with Crippen LogP contribution in [0.5, 0.6) is 0 Å². The van der Waals surface area contributed by atoms with Crippen molar-refractivity contribution in [1.82, 2.24) is 4.98 Å². The van der Waals surface area contributed by atoms with E-state index < -0.39 is 5.97 Å². The maximum atomic E-state index is 11.0. The number of aromatic carboxylic acids is 1. The van der Waals surface area contributed by atoms with Gasteiger partial charge in [-0.3, -0.25) is 0 Å². The number of benzene rings is 2.